The van der Waals surface area contributed by atoms with Crippen molar-refractivity contribution in [3.63, 3.8) is 0 Å². The maximum atomic E-state index is 12.3. The van der Waals surface area contributed by atoms with Crippen LogP contribution >= 0.6 is 12.4 Å². The van der Waals surface area contributed by atoms with Crippen molar-refractivity contribution in [2.45, 2.75) is 6.36 Å². The van der Waals surface area contributed by atoms with E-state index in [0.717, 1.165) is 24.4 Å². The van der Waals surface area contributed by atoms with E-state index in [1.807, 2.05) is 0 Å². The molecule has 2 aromatic rings. The third kappa shape index (κ3) is 5.06. The molecule has 0 aliphatic heterocycles. The molecule has 0 spiro atoms. The van der Waals surface area contributed by atoms with Crippen LogP contribution in [0.4, 0.5) is 13.2 Å². The summed E-state index contributed by atoms with van der Waals surface area (Å²) in [6, 6.07) is 3.10. The van der Waals surface area contributed by atoms with Gasteiger partial charge < -0.3 is 24.1 Å². The van der Waals surface area contributed by atoms with Gasteiger partial charge in [-0.2, -0.15) is 0 Å². The molecule has 0 radical (unpaired) electrons. The second kappa shape index (κ2) is 8.48. The Morgan fingerprint density at radius 1 is 1.04 bits per heavy atom. The molecular weight excluding hydrogens is 383 g/mol. The number of hydrogen-bond donors (Lipinski definition) is 1. The van der Waals surface area contributed by atoms with E-state index < -0.39 is 18.1 Å². The van der Waals surface area contributed by atoms with Crippen LogP contribution in [0.15, 0.2) is 30.6 Å². The SMILES string of the molecule is COc1cc(OC(F)(F)F)ccc1Oc1cncc(OC)c1C(=O)O.Cl. The van der Waals surface area contributed by atoms with E-state index >= 15 is 0 Å². The van der Waals surface area contributed by atoms with Crippen molar-refractivity contribution in [2.75, 3.05) is 14.2 Å². The van der Waals surface area contributed by atoms with Crippen molar-refractivity contribution in [2.24, 2.45) is 0 Å². The molecular formula is C15H13ClF3NO6. The number of nitrogens with zero attached hydrogens (tertiary/aromatic N) is 1. The fourth-order valence-corrected chi connectivity index (χ4v) is 1.91. The quantitative estimate of drug-likeness (QED) is 0.793. The lowest BCUT2D eigenvalue weighted by Gasteiger charge is -2.15. The number of halogens is 4. The maximum absolute atomic E-state index is 12.3. The fraction of sp³-hybridized carbons (Fsp3) is 0.200. The van der Waals surface area contributed by atoms with Gasteiger partial charge in [-0.1, -0.05) is 0 Å². The third-order valence-electron chi connectivity index (χ3n) is 2.90. The molecule has 0 atom stereocenters. The van der Waals surface area contributed by atoms with Crippen LogP contribution in [0, 0.1) is 0 Å². The molecule has 0 unspecified atom stereocenters. The van der Waals surface area contributed by atoms with Gasteiger partial charge in [-0.25, -0.2) is 4.79 Å². The summed E-state index contributed by atoms with van der Waals surface area (Å²) >= 11 is 0. The van der Waals surface area contributed by atoms with Crippen molar-refractivity contribution < 1.29 is 42.0 Å². The van der Waals surface area contributed by atoms with Gasteiger partial charge >= 0.3 is 12.3 Å². The van der Waals surface area contributed by atoms with Crippen LogP contribution in [0.25, 0.3) is 0 Å². The molecule has 0 amide bonds. The van der Waals surface area contributed by atoms with Crippen LogP contribution < -0.4 is 18.9 Å². The Kier molecular flexibility index (Phi) is 6.90. The zero-order valence-corrected chi connectivity index (χ0v) is 14.2. The van der Waals surface area contributed by atoms with Crippen LogP contribution in [0.3, 0.4) is 0 Å². The molecule has 0 bridgehead atoms. The summed E-state index contributed by atoms with van der Waals surface area (Å²) in [6.45, 7) is 0. The first-order chi connectivity index (χ1) is 11.7. The van der Waals surface area contributed by atoms with Gasteiger partial charge in [-0.05, 0) is 12.1 Å². The molecule has 1 aromatic carbocycles. The number of aromatic carboxylic acids is 1. The van der Waals surface area contributed by atoms with Gasteiger partial charge in [-0.3, -0.25) is 4.98 Å². The minimum absolute atomic E-state index is 0. The Bertz CT molecular complexity index is 784. The molecule has 11 heteroatoms. The van der Waals surface area contributed by atoms with Gasteiger partial charge in [0, 0.05) is 6.07 Å². The van der Waals surface area contributed by atoms with E-state index in [2.05, 4.69) is 9.72 Å². The molecule has 0 aliphatic carbocycles. The molecule has 0 saturated carbocycles. The van der Waals surface area contributed by atoms with Crippen LogP contribution in [-0.2, 0) is 0 Å². The molecule has 7 nitrogen and oxygen atoms in total. The summed E-state index contributed by atoms with van der Waals surface area (Å²) in [6.07, 6.45) is -2.54. The van der Waals surface area contributed by atoms with Crippen molar-refractivity contribution >= 4 is 18.4 Å². The van der Waals surface area contributed by atoms with E-state index in [-0.39, 0.29) is 41.0 Å². The first-order valence-corrected chi connectivity index (χ1v) is 6.62. The highest BCUT2D eigenvalue weighted by Gasteiger charge is 2.31. The van der Waals surface area contributed by atoms with E-state index in [0.29, 0.717) is 0 Å². The fourth-order valence-electron chi connectivity index (χ4n) is 1.91. The number of ether oxygens (including phenoxy) is 4. The Hall–Kier alpha value is -2.88. The molecule has 26 heavy (non-hydrogen) atoms. The van der Waals surface area contributed by atoms with E-state index in [1.54, 1.807) is 0 Å². The highest BCUT2D eigenvalue weighted by Crippen LogP contribution is 2.38. The zero-order valence-electron chi connectivity index (χ0n) is 13.4. The monoisotopic (exact) mass is 395 g/mol. The zero-order chi connectivity index (χ0) is 18.6. The minimum atomic E-state index is -4.86. The van der Waals surface area contributed by atoms with Gasteiger partial charge in [0.2, 0.25) is 0 Å². The highest BCUT2D eigenvalue weighted by atomic mass is 35.5. The highest BCUT2D eigenvalue weighted by molar-refractivity contribution is 5.94. The summed E-state index contributed by atoms with van der Waals surface area (Å²) < 4.78 is 55.9. The lowest BCUT2D eigenvalue weighted by molar-refractivity contribution is -0.274. The maximum Gasteiger partial charge on any atom is 0.573 e. The predicted molar refractivity (Wildman–Crippen MR) is 84.7 cm³/mol. The summed E-state index contributed by atoms with van der Waals surface area (Å²) in [5, 5.41) is 9.29. The first-order valence-electron chi connectivity index (χ1n) is 6.62. The summed E-state index contributed by atoms with van der Waals surface area (Å²) in [5.74, 6) is -2.18. The lowest BCUT2D eigenvalue weighted by Crippen LogP contribution is -2.17. The standard InChI is InChI=1S/C15H12F3NO6.ClH/c1-22-10-5-8(25-15(16,17)18)3-4-9(10)24-12-7-19-6-11(23-2)13(12)14(20)21;/h3-7H,1-2H3,(H,20,21);1H. The number of alkyl halides is 3. The second-order valence-corrected chi connectivity index (χ2v) is 4.48. The molecule has 142 valence electrons. The number of carbonyl (C=O) groups is 1. The van der Waals surface area contributed by atoms with E-state index in [9.17, 15) is 23.1 Å². The van der Waals surface area contributed by atoms with Crippen LogP contribution in [-0.4, -0.2) is 36.6 Å². The van der Waals surface area contributed by atoms with E-state index in [4.69, 9.17) is 14.2 Å². The lowest BCUT2D eigenvalue weighted by atomic mass is 10.2. The van der Waals surface area contributed by atoms with Gasteiger partial charge in [0.25, 0.3) is 0 Å². The van der Waals surface area contributed by atoms with Crippen LogP contribution in [0.5, 0.6) is 28.7 Å². The Labute approximate surface area is 151 Å². The van der Waals surface area contributed by atoms with Gasteiger partial charge in [0.15, 0.2) is 23.0 Å². The Balaban J connectivity index is 0.00000338. The number of benzene rings is 1. The number of carboxylic acid groups (broad SMARTS) is 1. The molecule has 1 heterocycles. The molecule has 0 fully saturated rings. The third-order valence-corrected chi connectivity index (χ3v) is 2.90. The summed E-state index contributed by atoms with van der Waals surface area (Å²) in [5.41, 5.74) is -0.296. The Morgan fingerprint density at radius 3 is 2.19 bits per heavy atom. The second-order valence-electron chi connectivity index (χ2n) is 4.48. The number of rotatable bonds is 6. The van der Waals surface area contributed by atoms with Crippen LogP contribution in [0.1, 0.15) is 10.4 Å². The summed E-state index contributed by atoms with van der Waals surface area (Å²) in [7, 11) is 2.47. The number of hydrogen-bond acceptors (Lipinski definition) is 6. The normalized spacial score (nSPS) is 10.5. The number of carboxylic acids is 1. The minimum Gasteiger partial charge on any atom is -0.494 e. The average Bonchev–Trinajstić information content (AvgIpc) is 2.54. The van der Waals surface area contributed by atoms with Gasteiger partial charge in [-0.15, -0.1) is 25.6 Å². The summed E-state index contributed by atoms with van der Waals surface area (Å²) in [4.78, 5) is 15.2. The molecule has 0 aliphatic rings. The van der Waals surface area contributed by atoms with Crippen molar-refractivity contribution in [3.8, 4) is 28.7 Å². The molecule has 1 N–H and O–H groups in total. The predicted octanol–water partition coefficient (Wildman–Crippen LogP) is 3.91. The topological polar surface area (TPSA) is 87.1 Å². The van der Waals surface area contributed by atoms with Crippen molar-refractivity contribution in [3.05, 3.63) is 36.2 Å². The number of aromatic nitrogens is 1. The smallest absolute Gasteiger partial charge is 0.494 e. The molecule has 2 rings (SSSR count). The first kappa shape index (κ1) is 21.2. The number of pyridine rings is 1. The molecule has 1 aromatic heterocycles. The van der Waals surface area contributed by atoms with Gasteiger partial charge in [0.05, 0.1) is 26.6 Å². The largest absolute Gasteiger partial charge is 0.573 e. The molecule has 0 saturated heterocycles. The van der Waals surface area contributed by atoms with Gasteiger partial charge in [0.1, 0.15) is 11.3 Å². The number of methoxy groups -OCH3 is 2. The van der Waals surface area contributed by atoms with Crippen molar-refractivity contribution in [1.29, 1.82) is 0 Å². The Morgan fingerprint density at radius 2 is 1.65 bits per heavy atom. The van der Waals surface area contributed by atoms with Crippen LogP contribution in [0.2, 0.25) is 0 Å². The average molecular weight is 396 g/mol. The van der Waals surface area contributed by atoms with Crippen molar-refractivity contribution in [1.82, 2.24) is 4.98 Å². The van der Waals surface area contributed by atoms with E-state index in [1.165, 1.54) is 20.4 Å².